The van der Waals surface area contributed by atoms with Crippen molar-refractivity contribution in [2.24, 2.45) is 0 Å². The minimum absolute atomic E-state index is 0.0395. The van der Waals surface area contributed by atoms with Crippen molar-refractivity contribution in [2.45, 2.75) is 25.7 Å². The number of nitrogens with zero attached hydrogens (tertiary/aromatic N) is 1. The second kappa shape index (κ2) is 10.8. The van der Waals surface area contributed by atoms with Crippen LogP contribution in [0.15, 0.2) is 71.6 Å². The molecule has 3 aromatic carbocycles. The largest absolute Gasteiger partial charge is 0.493 e. The fraction of sp³-hybridized carbons (Fsp3) is 0.192. The predicted molar refractivity (Wildman–Crippen MR) is 135 cm³/mol. The first-order chi connectivity index (χ1) is 16.2. The van der Waals surface area contributed by atoms with E-state index in [4.69, 9.17) is 21.1 Å². The number of amides is 1. The summed E-state index contributed by atoms with van der Waals surface area (Å²) in [6, 6.07) is 16.2. The molecule has 6 nitrogen and oxygen atoms in total. The number of halogens is 1. The number of hydrogen-bond acceptors (Lipinski definition) is 5. The number of benzene rings is 3. The Morgan fingerprint density at radius 2 is 1.71 bits per heavy atom. The van der Waals surface area contributed by atoms with Crippen molar-refractivity contribution < 1.29 is 22.7 Å². The Morgan fingerprint density at radius 3 is 2.35 bits per heavy atom. The number of carbonyl (C=O) groups excluding carboxylic acids is 1. The molecular weight excluding hydrogens is 474 g/mol. The molecule has 0 fully saturated rings. The number of methoxy groups -OCH3 is 1. The van der Waals surface area contributed by atoms with Crippen molar-refractivity contribution in [3.05, 3.63) is 88.5 Å². The zero-order valence-corrected chi connectivity index (χ0v) is 21.0. The van der Waals surface area contributed by atoms with Crippen molar-refractivity contribution in [3.8, 4) is 11.5 Å². The molecule has 0 unspecified atom stereocenters. The Kier molecular flexibility index (Phi) is 8.02. The summed E-state index contributed by atoms with van der Waals surface area (Å²) in [4.78, 5) is 13.3. The third-order valence-electron chi connectivity index (χ3n) is 5.04. The topological polar surface area (TPSA) is 72.9 Å². The fourth-order valence-corrected chi connectivity index (χ4v) is 4.88. The van der Waals surface area contributed by atoms with Gasteiger partial charge in [0, 0.05) is 11.1 Å². The van der Waals surface area contributed by atoms with E-state index in [0.29, 0.717) is 34.3 Å². The first-order valence-corrected chi connectivity index (χ1v) is 12.4. The van der Waals surface area contributed by atoms with E-state index in [0.717, 1.165) is 9.87 Å². The van der Waals surface area contributed by atoms with Gasteiger partial charge in [0.15, 0.2) is 11.5 Å². The number of sulfonamides is 1. The summed E-state index contributed by atoms with van der Waals surface area (Å²) >= 11 is 5.93. The highest BCUT2D eigenvalue weighted by Gasteiger charge is 2.31. The van der Waals surface area contributed by atoms with Crippen molar-refractivity contribution >= 4 is 39.3 Å². The van der Waals surface area contributed by atoms with Gasteiger partial charge in [-0.2, -0.15) is 4.31 Å². The zero-order chi connectivity index (χ0) is 24.9. The predicted octanol–water partition coefficient (Wildman–Crippen LogP) is 5.80. The van der Waals surface area contributed by atoms with Crippen LogP contribution in [-0.2, 0) is 14.8 Å². The van der Waals surface area contributed by atoms with Crippen LogP contribution in [0, 0.1) is 13.8 Å². The van der Waals surface area contributed by atoms with Crippen molar-refractivity contribution in [1.82, 2.24) is 0 Å². The van der Waals surface area contributed by atoms with E-state index >= 15 is 0 Å². The van der Waals surface area contributed by atoms with Gasteiger partial charge in [-0.15, -0.1) is 0 Å². The Bertz CT molecular complexity index is 1320. The van der Waals surface area contributed by atoms with Crippen LogP contribution in [0.25, 0.3) is 6.08 Å². The molecule has 0 atom stereocenters. The van der Waals surface area contributed by atoms with Crippen LogP contribution in [0.5, 0.6) is 11.5 Å². The normalized spacial score (nSPS) is 11.4. The molecule has 34 heavy (non-hydrogen) atoms. The molecule has 0 aliphatic carbocycles. The second-order valence-electron chi connectivity index (χ2n) is 7.53. The van der Waals surface area contributed by atoms with E-state index in [1.54, 1.807) is 37.3 Å². The van der Waals surface area contributed by atoms with E-state index in [1.165, 1.54) is 43.5 Å². The molecule has 0 aliphatic heterocycles. The molecule has 0 bridgehead atoms. The molecule has 3 rings (SSSR count). The van der Waals surface area contributed by atoms with Gasteiger partial charge >= 0.3 is 0 Å². The highest BCUT2D eigenvalue weighted by atomic mass is 35.5. The number of rotatable bonds is 8. The van der Waals surface area contributed by atoms with E-state index < -0.39 is 15.9 Å². The van der Waals surface area contributed by atoms with Crippen LogP contribution in [0.3, 0.4) is 0 Å². The molecule has 0 heterocycles. The minimum Gasteiger partial charge on any atom is -0.493 e. The quantitative estimate of drug-likeness (QED) is 0.366. The van der Waals surface area contributed by atoms with Crippen LogP contribution >= 0.6 is 11.6 Å². The molecule has 0 aromatic heterocycles. The Labute approximate surface area is 205 Å². The first kappa shape index (κ1) is 25.3. The zero-order valence-electron chi connectivity index (χ0n) is 19.4. The van der Waals surface area contributed by atoms with E-state index in [9.17, 15) is 13.2 Å². The maximum Gasteiger partial charge on any atom is 0.271 e. The van der Waals surface area contributed by atoms with Gasteiger partial charge in [0.25, 0.3) is 15.9 Å². The number of aryl methyl sites for hydroxylation is 2. The lowest BCUT2D eigenvalue weighted by Gasteiger charge is -2.23. The summed E-state index contributed by atoms with van der Waals surface area (Å²) in [6.45, 7) is 5.95. The number of carbonyl (C=O) groups is 1. The van der Waals surface area contributed by atoms with E-state index in [-0.39, 0.29) is 10.6 Å². The average Bonchev–Trinajstić information content (AvgIpc) is 2.81. The van der Waals surface area contributed by atoms with Crippen LogP contribution < -0.4 is 13.8 Å². The average molecular weight is 500 g/mol. The molecule has 0 radical (unpaired) electrons. The third-order valence-corrected chi connectivity index (χ3v) is 7.02. The number of hydrogen-bond donors (Lipinski definition) is 0. The number of ether oxygens (including phenoxy) is 2. The molecular formula is C26H26ClNO5S. The Morgan fingerprint density at radius 1 is 1.00 bits per heavy atom. The van der Waals surface area contributed by atoms with Gasteiger partial charge in [0.05, 0.1) is 24.3 Å². The second-order valence-corrected chi connectivity index (χ2v) is 9.75. The van der Waals surface area contributed by atoms with Gasteiger partial charge in [-0.05, 0) is 86.0 Å². The highest BCUT2D eigenvalue weighted by molar-refractivity contribution is 7.93. The lowest BCUT2D eigenvalue weighted by Crippen LogP contribution is -2.36. The van der Waals surface area contributed by atoms with Gasteiger partial charge < -0.3 is 9.47 Å². The molecule has 1 amide bonds. The summed E-state index contributed by atoms with van der Waals surface area (Å²) in [5.41, 5.74) is 2.41. The molecule has 0 aliphatic rings. The monoisotopic (exact) mass is 499 g/mol. The fourth-order valence-electron chi connectivity index (χ4n) is 3.31. The van der Waals surface area contributed by atoms with E-state index in [2.05, 4.69) is 0 Å². The van der Waals surface area contributed by atoms with Crippen molar-refractivity contribution in [2.75, 3.05) is 18.0 Å². The van der Waals surface area contributed by atoms with Crippen LogP contribution in [0.1, 0.15) is 23.6 Å². The van der Waals surface area contributed by atoms with Gasteiger partial charge in [-0.3, -0.25) is 4.79 Å². The standard InChI is InChI=1S/C26H26ClNO5S/c1-5-33-24-14-8-20(17-25(24)32-4)9-15-26(29)28(23-16-18(2)6-7-19(23)3)34(30,31)22-12-10-21(27)11-13-22/h6-17H,5H2,1-4H3/b15-9+. The molecule has 0 spiro atoms. The molecule has 178 valence electrons. The lowest BCUT2D eigenvalue weighted by atomic mass is 10.1. The van der Waals surface area contributed by atoms with Crippen LogP contribution in [-0.4, -0.2) is 28.0 Å². The smallest absolute Gasteiger partial charge is 0.271 e. The summed E-state index contributed by atoms with van der Waals surface area (Å²) in [5, 5.41) is 0.396. The Hall–Kier alpha value is -3.29. The van der Waals surface area contributed by atoms with E-state index in [1.807, 2.05) is 19.9 Å². The van der Waals surface area contributed by atoms with Gasteiger partial charge in [-0.25, -0.2) is 8.42 Å². The molecule has 8 heteroatoms. The lowest BCUT2D eigenvalue weighted by molar-refractivity contribution is -0.113. The van der Waals surface area contributed by atoms with Crippen LogP contribution in [0.2, 0.25) is 5.02 Å². The molecule has 3 aromatic rings. The SMILES string of the molecule is CCOc1ccc(/C=C/C(=O)N(c2cc(C)ccc2C)S(=O)(=O)c2ccc(Cl)cc2)cc1OC. The summed E-state index contributed by atoms with van der Waals surface area (Å²) in [5.74, 6) is 0.379. The van der Waals surface area contributed by atoms with Gasteiger partial charge in [-0.1, -0.05) is 29.8 Å². The summed E-state index contributed by atoms with van der Waals surface area (Å²) in [7, 11) is -2.69. The maximum atomic E-state index is 13.6. The molecule has 0 N–H and O–H groups in total. The van der Waals surface area contributed by atoms with Gasteiger partial charge in [0.1, 0.15) is 0 Å². The van der Waals surface area contributed by atoms with Crippen LogP contribution in [0.4, 0.5) is 5.69 Å². The van der Waals surface area contributed by atoms with Crippen molar-refractivity contribution in [3.63, 3.8) is 0 Å². The number of anilines is 1. The maximum absolute atomic E-state index is 13.6. The van der Waals surface area contributed by atoms with Gasteiger partial charge in [0.2, 0.25) is 0 Å². The summed E-state index contributed by atoms with van der Waals surface area (Å²) < 4.78 is 38.8. The third kappa shape index (κ3) is 5.61. The highest BCUT2D eigenvalue weighted by Crippen LogP contribution is 2.31. The first-order valence-electron chi connectivity index (χ1n) is 10.6. The molecule has 0 saturated carbocycles. The minimum atomic E-state index is -4.21. The molecule has 0 saturated heterocycles. The van der Waals surface area contributed by atoms with Crippen molar-refractivity contribution in [1.29, 1.82) is 0 Å². The summed E-state index contributed by atoms with van der Waals surface area (Å²) in [6.07, 6.45) is 2.76. The Balaban J connectivity index is 2.05.